The summed E-state index contributed by atoms with van der Waals surface area (Å²) in [6, 6.07) is 12.6. The lowest BCUT2D eigenvalue weighted by Crippen LogP contribution is -2.34. The Balaban J connectivity index is 1.49. The molecule has 0 fully saturated rings. The van der Waals surface area contributed by atoms with Crippen LogP contribution in [0.25, 0.3) is 0 Å². The van der Waals surface area contributed by atoms with Crippen molar-refractivity contribution in [2.75, 3.05) is 10.6 Å². The average molecular weight is 432 g/mol. The van der Waals surface area contributed by atoms with Crippen LogP contribution in [0.3, 0.4) is 0 Å². The molecule has 29 heavy (non-hydrogen) atoms. The number of hydrogen-bond acceptors (Lipinski definition) is 4. The van der Waals surface area contributed by atoms with Crippen LogP contribution in [-0.4, -0.2) is 23.0 Å². The summed E-state index contributed by atoms with van der Waals surface area (Å²) in [7, 11) is 0. The van der Waals surface area contributed by atoms with Crippen LogP contribution >= 0.6 is 23.4 Å². The van der Waals surface area contributed by atoms with Gasteiger partial charge in [0.15, 0.2) is 0 Å². The van der Waals surface area contributed by atoms with Crippen LogP contribution in [-0.2, 0) is 20.9 Å². The lowest BCUT2D eigenvalue weighted by molar-refractivity contribution is -0.124. The molecule has 0 aromatic heterocycles. The van der Waals surface area contributed by atoms with Gasteiger partial charge in [0.25, 0.3) is 0 Å². The Morgan fingerprint density at radius 3 is 2.62 bits per heavy atom. The number of carbonyl (C=O) groups excluding carboxylic acids is 3. The van der Waals surface area contributed by atoms with E-state index < -0.39 is 5.25 Å². The second kappa shape index (κ2) is 9.80. The molecule has 1 unspecified atom stereocenters. The predicted octanol–water partition coefficient (Wildman–Crippen LogP) is 4.20. The number of amides is 3. The Labute approximate surface area is 178 Å². The minimum absolute atomic E-state index is 0.0133. The average Bonchev–Trinajstić information content (AvgIpc) is 2.68. The molecule has 3 N–H and O–H groups in total. The molecule has 0 aliphatic carbocycles. The van der Waals surface area contributed by atoms with Gasteiger partial charge in [0.05, 0.1) is 10.9 Å². The van der Waals surface area contributed by atoms with Gasteiger partial charge in [0.1, 0.15) is 0 Å². The molecule has 8 heteroatoms. The Morgan fingerprint density at radius 1 is 1.14 bits per heavy atom. The fourth-order valence-corrected chi connectivity index (χ4v) is 4.12. The number of hydrogen-bond donors (Lipinski definition) is 3. The summed E-state index contributed by atoms with van der Waals surface area (Å²) < 4.78 is 0. The van der Waals surface area contributed by atoms with Crippen molar-refractivity contribution in [2.45, 2.75) is 42.9 Å². The van der Waals surface area contributed by atoms with E-state index in [1.807, 2.05) is 37.3 Å². The Morgan fingerprint density at radius 2 is 1.90 bits per heavy atom. The van der Waals surface area contributed by atoms with E-state index in [-0.39, 0.29) is 24.1 Å². The number of benzene rings is 2. The molecule has 1 aliphatic heterocycles. The van der Waals surface area contributed by atoms with Crippen molar-refractivity contribution in [3.8, 4) is 0 Å². The van der Waals surface area contributed by atoms with Gasteiger partial charge >= 0.3 is 0 Å². The smallest absolute Gasteiger partial charge is 0.238 e. The first kappa shape index (κ1) is 21.2. The van der Waals surface area contributed by atoms with Crippen molar-refractivity contribution < 1.29 is 14.4 Å². The van der Waals surface area contributed by atoms with Crippen molar-refractivity contribution >= 4 is 52.5 Å². The summed E-state index contributed by atoms with van der Waals surface area (Å²) in [5, 5.41) is 8.53. The lowest BCUT2D eigenvalue weighted by atomic mass is 10.2. The maximum absolute atomic E-state index is 12.3. The Hall–Kier alpha value is -2.51. The molecular weight excluding hydrogens is 410 g/mol. The molecule has 1 aliphatic rings. The number of thioether (sulfide) groups is 1. The summed E-state index contributed by atoms with van der Waals surface area (Å²) >= 11 is 7.31. The third-order valence-electron chi connectivity index (χ3n) is 4.34. The second-order valence-electron chi connectivity index (χ2n) is 6.71. The van der Waals surface area contributed by atoms with Gasteiger partial charge in [-0.3, -0.25) is 14.4 Å². The molecule has 0 spiro atoms. The van der Waals surface area contributed by atoms with Crippen LogP contribution in [0.1, 0.15) is 31.7 Å². The van der Waals surface area contributed by atoms with Gasteiger partial charge in [-0.1, -0.05) is 30.7 Å². The molecule has 152 valence electrons. The second-order valence-corrected chi connectivity index (χ2v) is 8.39. The molecule has 0 radical (unpaired) electrons. The van der Waals surface area contributed by atoms with E-state index in [0.717, 1.165) is 22.6 Å². The molecule has 3 rings (SSSR count). The number of halogens is 1. The molecule has 2 aromatic rings. The summed E-state index contributed by atoms with van der Waals surface area (Å²) in [5.74, 6) is -0.414. The Kier molecular flexibility index (Phi) is 7.17. The lowest BCUT2D eigenvalue weighted by Gasteiger charge is -2.23. The minimum atomic E-state index is -0.486. The van der Waals surface area contributed by atoms with E-state index in [9.17, 15) is 14.4 Å². The highest BCUT2D eigenvalue weighted by molar-refractivity contribution is 8.01. The monoisotopic (exact) mass is 431 g/mol. The highest BCUT2D eigenvalue weighted by Crippen LogP contribution is 2.38. The van der Waals surface area contributed by atoms with Crippen molar-refractivity contribution in [2.24, 2.45) is 0 Å². The van der Waals surface area contributed by atoms with Gasteiger partial charge in [-0.05, 0) is 42.3 Å². The molecular formula is C21H22ClN3O3S. The SMILES string of the molecule is CCCC(=O)Nc1ccc(CNC(=O)CC2Sc3ccc(Cl)cc3NC2=O)cc1. The van der Waals surface area contributed by atoms with Crippen molar-refractivity contribution in [1.29, 1.82) is 0 Å². The molecule has 1 atom stereocenters. The van der Waals surface area contributed by atoms with Gasteiger partial charge in [0, 0.05) is 35.0 Å². The number of nitrogens with one attached hydrogen (secondary N) is 3. The summed E-state index contributed by atoms with van der Waals surface area (Å²) in [6.07, 6.45) is 1.37. The molecule has 3 amide bonds. The van der Waals surface area contributed by atoms with E-state index in [4.69, 9.17) is 11.6 Å². The molecule has 2 aromatic carbocycles. The van der Waals surface area contributed by atoms with Gasteiger partial charge in [0.2, 0.25) is 17.7 Å². The van der Waals surface area contributed by atoms with E-state index in [1.54, 1.807) is 12.1 Å². The van der Waals surface area contributed by atoms with Crippen LogP contribution in [0.4, 0.5) is 11.4 Å². The maximum atomic E-state index is 12.3. The molecule has 6 nitrogen and oxygen atoms in total. The molecule has 0 saturated heterocycles. The van der Waals surface area contributed by atoms with Crippen LogP contribution < -0.4 is 16.0 Å². The number of fused-ring (bicyclic) bond motifs is 1. The van der Waals surface area contributed by atoms with Gasteiger partial charge < -0.3 is 16.0 Å². The van der Waals surface area contributed by atoms with Gasteiger partial charge in [-0.15, -0.1) is 11.8 Å². The highest BCUT2D eigenvalue weighted by Gasteiger charge is 2.29. The number of rotatable bonds is 7. The first-order valence-corrected chi connectivity index (χ1v) is 10.6. The molecule has 0 bridgehead atoms. The van der Waals surface area contributed by atoms with Crippen molar-refractivity contribution in [3.05, 3.63) is 53.1 Å². The van der Waals surface area contributed by atoms with E-state index in [1.165, 1.54) is 11.8 Å². The topological polar surface area (TPSA) is 87.3 Å². The van der Waals surface area contributed by atoms with Gasteiger partial charge in [-0.2, -0.15) is 0 Å². The zero-order chi connectivity index (χ0) is 20.8. The summed E-state index contributed by atoms with van der Waals surface area (Å²) in [4.78, 5) is 37.1. The zero-order valence-corrected chi connectivity index (χ0v) is 17.5. The third kappa shape index (κ3) is 5.98. The van der Waals surface area contributed by atoms with E-state index >= 15 is 0 Å². The van der Waals surface area contributed by atoms with Crippen LogP contribution in [0.5, 0.6) is 0 Å². The van der Waals surface area contributed by atoms with Crippen LogP contribution in [0, 0.1) is 0 Å². The highest BCUT2D eigenvalue weighted by atomic mass is 35.5. The van der Waals surface area contributed by atoms with Crippen molar-refractivity contribution in [1.82, 2.24) is 5.32 Å². The summed E-state index contributed by atoms with van der Waals surface area (Å²) in [6.45, 7) is 2.31. The maximum Gasteiger partial charge on any atom is 0.238 e. The minimum Gasteiger partial charge on any atom is -0.352 e. The fraction of sp³-hybridized carbons (Fsp3) is 0.286. The normalized spacial score (nSPS) is 15.2. The van der Waals surface area contributed by atoms with Gasteiger partial charge in [-0.25, -0.2) is 0 Å². The first-order chi connectivity index (χ1) is 13.9. The standard InChI is InChI=1S/C21H22ClN3O3S/c1-2-3-19(26)24-15-7-4-13(5-8-15)12-23-20(27)11-18-21(28)25-16-10-14(22)6-9-17(16)29-18/h4-10,18H,2-3,11-12H2,1H3,(H,23,27)(H,24,26)(H,25,28). The fourth-order valence-electron chi connectivity index (χ4n) is 2.85. The molecule has 0 saturated carbocycles. The molecule has 1 heterocycles. The summed E-state index contributed by atoms with van der Waals surface area (Å²) in [5.41, 5.74) is 2.32. The first-order valence-electron chi connectivity index (χ1n) is 9.37. The van der Waals surface area contributed by atoms with Crippen LogP contribution in [0.2, 0.25) is 5.02 Å². The van der Waals surface area contributed by atoms with E-state index in [0.29, 0.717) is 23.7 Å². The van der Waals surface area contributed by atoms with E-state index in [2.05, 4.69) is 16.0 Å². The largest absolute Gasteiger partial charge is 0.352 e. The quantitative estimate of drug-likeness (QED) is 0.613. The number of carbonyl (C=O) groups is 3. The van der Waals surface area contributed by atoms with Crippen LogP contribution in [0.15, 0.2) is 47.4 Å². The predicted molar refractivity (Wildman–Crippen MR) is 116 cm³/mol. The van der Waals surface area contributed by atoms with Crippen molar-refractivity contribution in [3.63, 3.8) is 0 Å². The zero-order valence-electron chi connectivity index (χ0n) is 16.0. The Bertz CT molecular complexity index is 918. The third-order valence-corrected chi connectivity index (χ3v) is 5.85. The number of anilines is 2.